The number of nitrogens with one attached hydrogen (secondary N) is 1. The Kier molecular flexibility index (Phi) is 3.05. The fourth-order valence-electron chi connectivity index (χ4n) is 3.86. The van der Waals surface area contributed by atoms with Gasteiger partial charge < -0.3 is 5.32 Å². The molecule has 0 amide bonds. The third-order valence-electron chi connectivity index (χ3n) is 5.05. The summed E-state index contributed by atoms with van der Waals surface area (Å²) in [5, 5.41) is 3.48. The summed E-state index contributed by atoms with van der Waals surface area (Å²) in [5.41, 5.74) is 1.61. The SMILES string of the molecule is CC1C2CNCC2CN1Cc1cc(=O)n2ccccc2n1. The second kappa shape index (κ2) is 4.93. The van der Waals surface area contributed by atoms with E-state index >= 15 is 0 Å². The lowest BCUT2D eigenvalue weighted by molar-refractivity contribution is 0.229. The van der Waals surface area contributed by atoms with Crippen molar-refractivity contribution in [3.63, 3.8) is 0 Å². The lowest BCUT2D eigenvalue weighted by Gasteiger charge is -2.23. The van der Waals surface area contributed by atoms with E-state index in [1.165, 1.54) is 0 Å². The Morgan fingerprint density at radius 1 is 1.38 bits per heavy atom. The van der Waals surface area contributed by atoms with Crippen molar-refractivity contribution < 1.29 is 0 Å². The molecular formula is C16H20N4O. The number of likely N-dealkylation sites (tertiary alicyclic amines) is 1. The summed E-state index contributed by atoms with van der Waals surface area (Å²) in [4.78, 5) is 19.2. The summed E-state index contributed by atoms with van der Waals surface area (Å²) in [6, 6.07) is 7.89. The lowest BCUT2D eigenvalue weighted by Crippen LogP contribution is -2.33. The summed E-state index contributed by atoms with van der Waals surface area (Å²) < 4.78 is 1.59. The van der Waals surface area contributed by atoms with E-state index in [-0.39, 0.29) is 5.56 Å². The molecule has 110 valence electrons. The van der Waals surface area contributed by atoms with Crippen LogP contribution in [0.3, 0.4) is 0 Å². The first-order valence-corrected chi connectivity index (χ1v) is 7.64. The Labute approximate surface area is 123 Å². The third-order valence-corrected chi connectivity index (χ3v) is 5.05. The molecule has 5 heteroatoms. The molecule has 4 rings (SSSR count). The summed E-state index contributed by atoms with van der Waals surface area (Å²) in [6.07, 6.45) is 1.77. The predicted molar refractivity (Wildman–Crippen MR) is 81.2 cm³/mol. The maximum absolute atomic E-state index is 12.1. The normalized spacial score (nSPS) is 29.1. The van der Waals surface area contributed by atoms with E-state index in [1.54, 1.807) is 16.7 Å². The number of nitrogens with zero attached hydrogens (tertiary/aromatic N) is 3. The topological polar surface area (TPSA) is 49.6 Å². The van der Waals surface area contributed by atoms with E-state index < -0.39 is 0 Å². The van der Waals surface area contributed by atoms with Gasteiger partial charge in [-0.05, 0) is 44.0 Å². The van der Waals surface area contributed by atoms with Crippen LogP contribution in [-0.2, 0) is 6.54 Å². The Hall–Kier alpha value is -1.72. The van der Waals surface area contributed by atoms with Crippen LogP contribution >= 0.6 is 0 Å². The van der Waals surface area contributed by atoms with Crippen LogP contribution in [0.15, 0.2) is 35.3 Å². The summed E-state index contributed by atoms with van der Waals surface area (Å²) in [7, 11) is 0. The largest absolute Gasteiger partial charge is 0.316 e. The van der Waals surface area contributed by atoms with E-state index in [9.17, 15) is 4.79 Å². The van der Waals surface area contributed by atoms with Gasteiger partial charge in [-0.15, -0.1) is 0 Å². The Balaban J connectivity index is 1.62. The molecule has 3 atom stereocenters. The molecule has 2 aliphatic rings. The molecule has 4 heterocycles. The van der Waals surface area contributed by atoms with Crippen molar-refractivity contribution in [2.75, 3.05) is 19.6 Å². The minimum Gasteiger partial charge on any atom is -0.316 e. The third kappa shape index (κ3) is 2.17. The highest BCUT2D eigenvalue weighted by Crippen LogP contribution is 2.32. The van der Waals surface area contributed by atoms with Crippen molar-refractivity contribution in [1.82, 2.24) is 19.6 Å². The first-order valence-electron chi connectivity index (χ1n) is 7.64. The highest BCUT2D eigenvalue weighted by Gasteiger charge is 2.41. The summed E-state index contributed by atoms with van der Waals surface area (Å²) in [6.45, 7) is 6.42. The van der Waals surface area contributed by atoms with Crippen molar-refractivity contribution in [3.8, 4) is 0 Å². The molecule has 0 spiro atoms. The van der Waals surface area contributed by atoms with E-state index in [1.807, 2.05) is 18.2 Å². The maximum Gasteiger partial charge on any atom is 0.258 e. The maximum atomic E-state index is 12.1. The zero-order valence-corrected chi connectivity index (χ0v) is 12.2. The first-order chi connectivity index (χ1) is 10.2. The molecule has 2 aromatic rings. The fraction of sp³-hybridized carbons (Fsp3) is 0.500. The Morgan fingerprint density at radius 3 is 3.14 bits per heavy atom. The molecular weight excluding hydrogens is 264 g/mol. The van der Waals surface area contributed by atoms with Crippen LogP contribution in [0, 0.1) is 11.8 Å². The molecule has 2 aromatic heterocycles. The fourth-order valence-corrected chi connectivity index (χ4v) is 3.86. The molecule has 0 radical (unpaired) electrons. The van der Waals surface area contributed by atoms with Crippen molar-refractivity contribution in [3.05, 3.63) is 46.5 Å². The first kappa shape index (κ1) is 13.0. The number of hydrogen-bond acceptors (Lipinski definition) is 4. The van der Waals surface area contributed by atoms with Gasteiger partial charge in [-0.1, -0.05) is 6.07 Å². The van der Waals surface area contributed by atoms with Crippen molar-refractivity contribution in [1.29, 1.82) is 0 Å². The van der Waals surface area contributed by atoms with Gasteiger partial charge in [0.2, 0.25) is 0 Å². The van der Waals surface area contributed by atoms with Crippen LogP contribution in [-0.4, -0.2) is 40.0 Å². The molecule has 2 aliphatic heterocycles. The molecule has 0 aromatic carbocycles. The van der Waals surface area contributed by atoms with Gasteiger partial charge in [0.15, 0.2) is 0 Å². The average Bonchev–Trinajstić information content (AvgIpc) is 3.04. The highest BCUT2D eigenvalue weighted by atomic mass is 16.1. The molecule has 0 aliphatic carbocycles. The molecule has 2 fully saturated rings. The van der Waals surface area contributed by atoms with Crippen LogP contribution in [0.1, 0.15) is 12.6 Å². The van der Waals surface area contributed by atoms with Crippen LogP contribution < -0.4 is 10.9 Å². The van der Waals surface area contributed by atoms with Gasteiger partial charge in [-0.25, -0.2) is 4.98 Å². The predicted octanol–water partition coefficient (Wildman–Crippen LogP) is 0.734. The van der Waals surface area contributed by atoms with Crippen LogP contribution in [0.25, 0.3) is 5.65 Å². The summed E-state index contributed by atoms with van der Waals surface area (Å²) in [5.74, 6) is 1.49. The minimum atomic E-state index is 0.00399. The van der Waals surface area contributed by atoms with Crippen LogP contribution in [0.2, 0.25) is 0 Å². The zero-order valence-electron chi connectivity index (χ0n) is 12.2. The second-order valence-corrected chi connectivity index (χ2v) is 6.27. The Bertz CT molecular complexity index is 726. The van der Waals surface area contributed by atoms with Gasteiger partial charge in [-0.2, -0.15) is 0 Å². The monoisotopic (exact) mass is 284 g/mol. The smallest absolute Gasteiger partial charge is 0.258 e. The van der Waals surface area contributed by atoms with Crippen molar-refractivity contribution in [2.24, 2.45) is 11.8 Å². The molecule has 3 unspecified atom stereocenters. The second-order valence-electron chi connectivity index (χ2n) is 6.27. The van der Waals surface area contributed by atoms with Gasteiger partial charge in [0, 0.05) is 31.4 Å². The highest BCUT2D eigenvalue weighted by molar-refractivity contribution is 5.38. The molecule has 0 saturated carbocycles. The molecule has 0 bridgehead atoms. The van der Waals surface area contributed by atoms with Crippen molar-refractivity contribution in [2.45, 2.75) is 19.5 Å². The van der Waals surface area contributed by atoms with Gasteiger partial charge in [-0.3, -0.25) is 14.1 Å². The van der Waals surface area contributed by atoms with E-state index in [0.29, 0.717) is 6.04 Å². The average molecular weight is 284 g/mol. The molecule has 2 saturated heterocycles. The van der Waals surface area contributed by atoms with Gasteiger partial charge >= 0.3 is 0 Å². The quantitative estimate of drug-likeness (QED) is 0.883. The number of aromatic nitrogens is 2. The van der Waals surface area contributed by atoms with Crippen LogP contribution in [0.5, 0.6) is 0 Å². The number of hydrogen-bond donors (Lipinski definition) is 1. The van der Waals surface area contributed by atoms with E-state index in [2.05, 4.69) is 22.1 Å². The van der Waals surface area contributed by atoms with Crippen molar-refractivity contribution >= 4 is 5.65 Å². The summed E-state index contributed by atoms with van der Waals surface area (Å²) >= 11 is 0. The van der Waals surface area contributed by atoms with Crippen LogP contribution in [0.4, 0.5) is 0 Å². The van der Waals surface area contributed by atoms with Gasteiger partial charge in [0.25, 0.3) is 5.56 Å². The van der Waals surface area contributed by atoms with Gasteiger partial charge in [0.05, 0.1) is 5.69 Å². The number of rotatable bonds is 2. The minimum absolute atomic E-state index is 0.00399. The van der Waals surface area contributed by atoms with E-state index in [0.717, 1.165) is 49.4 Å². The Morgan fingerprint density at radius 2 is 2.29 bits per heavy atom. The molecule has 5 nitrogen and oxygen atoms in total. The number of fused-ring (bicyclic) bond motifs is 2. The standard InChI is InChI=1S/C16H20N4O/c1-11-14-8-17-7-12(14)9-19(11)10-13-6-16(21)20-5-3-2-4-15(20)18-13/h2-6,11-12,14,17H,7-10H2,1H3. The number of pyridine rings is 1. The molecule has 21 heavy (non-hydrogen) atoms. The van der Waals surface area contributed by atoms with E-state index in [4.69, 9.17) is 0 Å². The molecule has 1 N–H and O–H groups in total. The zero-order chi connectivity index (χ0) is 14.4. The van der Waals surface area contributed by atoms with Gasteiger partial charge in [0.1, 0.15) is 5.65 Å². The lowest BCUT2D eigenvalue weighted by atomic mass is 9.95.